The number of fused-ring (bicyclic) bond motifs is 1. The minimum Gasteiger partial charge on any atom is -0.341 e. The van der Waals surface area contributed by atoms with E-state index < -0.39 is 0 Å². The lowest BCUT2D eigenvalue weighted by Crippen LogP contribution is -2.41. The average molecular weight is 342 g/mol. The van der Waals surface area contributed by atoms with Crippen molar-refractivity contribution in [3.8, 4) is 0 Å². The molecule has 0 atom stereocenters. The Hall–Kier alpha value is -2.68. The second-order valence-electron chi connectivity index (χ2n) is 6.52. The number of aromatic nitrogens is 4. The number of nitrogens with zero attached hydrogens (tertiary/aromatic N) is 5. The molecule has 2 aromatic rings. The molecule has 0 bridgehead atoms. The van der Waals surface area contributed by atoms with E-state index in [1.54, 1.807) is 23.5 Å². The molecule has 2 aliphatic heterocycles. The molecule has 0 unspecified atom stereocenters. The van der Waals surface area contributed by atoms with Crippen LogP contribution in [0.2, 0.25) is 0 Å². The standard InChI is InChI=1S/C16H22N8O/c1-23(13-2-4-17-5-3-13)15-18-7-12(8-19-15)21-16(25)24-9-11-6-20-22-14(11)10-24/h6-8,13,17H,2-5,9-10H2,1H3,(H,20,22)(H,21,25). The first-order valence-electron chi connectivity index (χ1n) is 8.53. The van der Waals surface area contributed by atoms with Gasteiger partial charge >= 0.3 is 6.03 Å². The first-order chi connectivity index (χ1) is 12.2. The third-order valence-corrected chi connectivity index (χ3v) is 4.87. The molecule has 1 fully saturated rings. The predicted molar refractivity (Wildman–Crippen MR) is 93.2 cm³/mol. The number of anilines is 2. The van der Waals surface area contributed by atoms with Crippen LogP contribution in [-0.4, -0.2) is 57.3 Å². The molecule has 1 saturated heterocycles. The largest absolute Gasteiger partial charge is 0.341 e. The van der Waals surface area contributed by atoms with Gasteiger partial charge in [-0.05, 0) is 25.9 Å². The zero-order chi connectivity index (χ0) is 17.2. The van der Waals surface area contributed by atoms with Gasteiger partial charge in [0.25, 0.3) is 0 Å². The molecule has 9 nitrogen and oxygen atoms in total. The summed E-state index contributed by atoms with van der Waals surface area (Å²) in [6.07, 6.45) is 7.26. The molecule has 0 aromatic carbocycles. The zero-order valence-corrected chi connectivity index (χ0v) is 14.2. The molecule has 9 heteroatoms. The van der Waals surface area contributed by atoms with E-state index in [-0.39, 0.29) is 6.03 Å². The van der Waals surface area contributed by atoms with Gasteiger partial charge in [-0.2, -0.15) is 5.10 Å². The molecule has 4 rings (SSSR count). The maximum absolute atomic E-state index is 12.4. The summed E-state index contributed by atoms with van der Waals surface area (Å²) in [6.45, 7) is 3.15. The maximum Gasteiger partial charge on any atom is 0.322 e. The van der Waals surface area contributed by atoms with Crippen LogP contribution < -0.4 is 15.5 Å². The van der Waals surface area contributed by atoms with Gasteiger partial charge in [-0.3, -0.25) is 5.10 Å². The Balaban J connectivity index is 1.35. The number of hydrogen-bond acceptors (Lipinski definition) is 6. The van der Waals surface area contributed by atoms with Gasteiger partial charge in [0, 0.05) is 18.7 Å². The third kappa shape index (κ3) is 3.27. The van der Waals surface area contributed by atoms with E-state index in [9.17, 15) is 4.79 Å². The van der Waals surface area contributed by atoms with Crippen molar-refractivity contribution in [2.45, 2.75) is 32.0 Å². The molecule has 25 heavy (non-hydrogen) atoms. The van der Waals surface area contributed by atoms with E-state index in [4.69, 9.17) is 0 Å². The van der Waals surface area contributed by atoms with Gasteiger partial charge in [0.1, 0.15) is 0 Å². The van der Waals surface area contributed by atoms with Crippen LogP contribution in [0.25, 0.3) is 0 Å². The van der Waals surface area contributed by atoms with E-state index in [0.29, 0.717) is 30.8 Å². The number of carbonyl (C=O) groups excluding carboxylic acids is 1. The fraction of sp³-hybridized carbons (Fsp3) is 0.500. The van der Waals surface area contributed by atoms with Crippen molar-refractivity contribution in [3.63, 3.8) is 0 Å². The summed E-state index contributed by atoms with van der Waals surface area (Å²) < 4.78 is 0. The first-order valence-corrected chi connectivity index (χ1v) is 8.53. The van der Waals surface area contributed by atoms with Crippen molar-refractivity contribution in [1.82, 2.24) is 30.4 Å². The van der Waals surface area contributed by atoms with Crippen LogP contribution in [0.15, 0.2) is 18.6 Å². The van der Waals surface area contributed by atoms with Gasteiger partial charge in [-0.25, -0.2) is 14.8 Å². The number of piperidine rings is 1. The summed E-state index contributed by atoms with van der Waals surface area (Å²) in [5.74, 6) is 0.687. The first kappa shape index (κ1) is 15.8. The summed E-state index contributed by atoms with van der Waals surface area (Å²) >= 11 is 0. The van der Waals surface area contributed by atoms with Crippen LogP contribution in [0.3, 0.4) is 0 Å². The van der Waals surface area contributed by atoms with Gasteiger partial charge in [0.2, 0.25) is 5.95 Å². The van der Waals surface area contributed by atoms with Crippen molar-refractivity contribution in [2.24, 2.45) is 0 Å². The summed E-state index contributed by atoms with van der Waals surface area (Å²) in [7, 11) is 2.02. The fourth-order valence-corrected chi connectivity index (χ4v) is 3.33. The molecule has 2 amide bonds. The van der Waals surface area contributed by atoms with Crippen LogP contribution in [0.4, 0.5) is 16.4 Å². The van der Waals surface area contributed by atoms with Crippen molar-refractivity contribution >= 4 is 17.7 Å². The fourth-order valence-electron chi connectivity index (χ4n) is 3.33. The number of urea groups is 1. The number of H-pyrrole nitrogens is 1. The minimum absolute atomic E-state index is 0.160. The Labute approximate surface area is 145 Å². The SMILES string of the molecule is CN(c1ncc(NC(=O)N2Cc3cn[nH]c3C2)cn1)C1CCNCC1. The van der Waals surface area contributed by atoms with Crippen molar-refractivity contribution in [2.75, 3.05) is 30.4 Å². The van der Waals surface area contributed by atoms with Crippen LogP contribution in [0.5, 0.6) is 0 Å². The monoisotopic (exact) mass is 342 g/mol. The second-order valence-corrected chi connectivity index (χ2v) is 6.52. The van der Waals surface area contributed by atoms with Gasteiger partial charge in [-0.1, -0.05) is 0 Å². The molecule has 4 heterocycles. The van der Waals surface area contributed by atoms with Gasteiger partial charge in [0.15, 0.2) is 0 Å². The molecule has 2 aliphatic rings. The van der Waals surface area contributed by atoms with E-state index in [1.165, 1.54) is 0 Å². The average Bonchev–Trinajstić information content (AvgIpc) is 3.24. The highest BCUT2D eigenvalue weighted by molar-refractivity contribution is 5.89. The Morgan fingerprint density at radius 3 is 2.72 bits per heavy atom. The smallest absolute Gasteiger partial charge is 0.322 e. The van der Waals surface area contributed by atoms with E-state index in [0.717, 1.165) is 37.2 Å². The predicted octanol–water partition coefficient (Wildman–Crippen LogP) is 0.936. The molecular weight excluding hydrogens is 320 g/mol. The topological polar surface area (TPSA) is 102 Å². The highest BCUT2D eigenvalue weighted by Gasteiger charge is 2.25. The quantitative estimate of drug-likeness (QED) is 0.767. The minimum atomic E-state index is -0.160. The Kier molecular flexibility index (Phi) is 4.22. The lowest BCUT2D eigenvalue weighted by molar-refractivity contribution is 0.212. The van der Waals surface area contributed by atoms with Crippen molar-refractivity contribution in [3.05, 3.63) is 29.8 Å². The lowest BCUT2D eigenvalue weighted by atomic mass is 10.1. The van der Waals surface area contributed by atoms with Crippen LogP contribution in [0, 0.1) is 0 Å². The Morgan fingerprint density at radius 1 is 1.24 bits per heavy atom. The lowest BCUT2D eigenvalue weighted by Gasteiger charge is -2.31. The maximum atomic E-state index is 12.4. The van der Waals surface area contributed by atoms with Crippen molar-refractivity contribution in [1.29, 1.82) is 0 Å². The third-order valence-electron chi connectivity index (χ3n) is 4.87. The summed E-state index contributed by atoms with van der Waals surface area (Å²) in [5.41, 5.74) is 2.65. The summed E-state index contributed by atoms with van der Waals surface area (Å²) in [4.78, 5) is 25.0. The number of rotatable bonds is 3. The molecule has 0 spiro atoms. The number of carbonyl (C=O) groups is 1. The number of nitrogens with one attached hydrogen (secondary N) is 3. The van der Waals surface area contributed by atoms with Crippen LogP contribution in [-0.2, 0) is 13.1 Å². The number of amides is 2. The molecule has 132 valence electrons. The van der Waals surface area contributed by atoms with Crippen LogP contribution in [0.1, 0.15) is 24.1 Å². The normalized spacial score (nSPS) is 17.4. The number of aromatic amines is 1. The van der Waals surface area contributed by atoms with E-state index in [2.05, 4.69) is 35.7 Å². The summed E-state index contributed by atoms with van der Waals surface area (Å²) in [6, 6.07) is 0.293. The zero-order valence-electron chi connectivity index (χ0n) is 14.2. The van der Waals surface area contributed by atoms with Crippen LogP contribution >= 0.6 is 0 Å². The summed E-state index contributed by atoms with van der Waals surface area (Å²) in [5, 5.41) is 13.1. The molecule has 0 radical (unpaired) electrons. The van der Waals surface area contributed by atoms with Gasteiger partial charge in [-0.15, -0.1) is 0 Å². The second kappa shape index (κ2) is 6.67. The molecule has 2 aromatic heterocycles. The van der Waals surface area contributed by atoms with Gasteiger partial charge in [0.05, 0.1) is 43.1 Å². The highest BCUT2D eigenvalue weighted by Crippen LogP contribution is 2.21. The Bertz CT molecular complexity index is 716. The van der Waals surface area contributed by atoms with Crippen molar-refractivity contribution < 1.29 is 4.79 Å². The Morgan fingerprint density at radius 2 is 2.00 bits per heavy atom. The molecule has 0 saturated carbocycles. The molecular formula is C16H22N8O. The van der Waals surface area contributed by atoms with E-state index >= 15 is 0 Å². The van der Waals surface area contributed by atoms with E-state index in [1.807, 2.05) is 7.05 Å². The molecule has 0 aliphatic carbocycles. The molecule has 3 N–H and O–H groups in total. The number of hydrogen-bond donors (Lipinski definition) is 3. The van der Waals surface area contributed by atoms with Gasteiger partial charge < -0.3 is 20.4 Å². The highest BCUT2D eigenvalue weighted by atomic mass is 16.2.